The average Bonchev–Trinajstić information content (AvgIpc) is 2.13. The van der Waals surface area contributed by atoms with Crippen LogP contribution in [0.2, 0.25) is 0 Å². The number of piperidine rings is 1. The van der Waals surface area contributed by atoms with Crippen molar-refractivity contribution in [2.45, 2.75) is 39.0 Å². The number of rotatable bonds is 5. The van der Waals surface area contributed by atoms with Crippen LogP contribution < -0.4 is 5.73 Å². The summed E-state index contributed by atoms with van der Waals surface area (Å²) in [6.45, 7) is 7.17. The second kappa shape index (κ2) is 6.39. The average molecular weight is 184 g/mol. The maximum Gasteiger partial charge on any atom is 0.000703 e. The molecular weight excluding hydrogens is 160 g/mol. The van der Waals surface area contributed by atoms with Crippen LogP contribution in [0.5, 0.6) is 0 Å². The SMILES string of the molecule is CC1CCCN(CCCCCN)C1. The van der Waals surface area contributed by atoms with E-state index in [0.717, 1.165) is 12.5 Å². The van der Waals surface area contributed by atoms with Crippen LogP contribution in [0.3, 0.4) is 0 Å². The van der Waals surface area contributed by atoms with Crippen molar-refractivity contribution in [2.24, 2.45) is 11.7 Å². The van der Waals surface area contributed by atoms with Gasteiger partial charge in [0.1, 0.15) is 0 Å². The van der Waals surface area contributed by atoms with Crippen molar-refractivity contribution in [2.75, 3.05) is 26.2 Å². The summed E-state index contributed by atoms with van der Waals surface area (Å²) in [7, 11) is 0. The summed E-state index contributed by atoms with van der Waals surface area (Å²) in [4.78, 5) is 2.62. The fraction of sp³-hybridized carbons (Fsp3) is 1.00. The minimum Gasteiger partial charge on any atom is -0.330 e. The van der Waals surface area contributed by atoms with Gasteiger partial charge in [0.05, 0.1) is 0 Å². The molecule has 1 fully saturated rings. The van der Waals surface area contributed by atoms with Crippen LogP contribution in [-0.4, -0.2) is 31.1 Å². The van der Waals surface area contributed by atoms with Crippen LogP contribution in [0.25, 0.3) is 0 Å². The first-order valence-electron chi connectivity index (χ1n) is 5.75. The fourth-order valence-electron chi connectivity index (χ4n) is 2.15. The van der Waals surface area contributed by atoms with Gasteiger partial charge in [-0.15, -0.1) is 0 Å². The van der Waals surface area contributed by atoms with Gasteiger partial charge in [0.15, 0.2) is 0 Å². The highest BCUT2D eigenvalue weighted by molar-refractivity contribution is 4.69. The molecule has 0 amide bonds. The Kier molecular flexibility index (Phi) is 5.40. The monoisotopic (exact) mass is 184 g/mol. The van der Waals surface area contributed by atoms with Crippen molar-refractivity contribution in [1.82, 2.24) is 4.90 Å². The van der Waals surface area contributed by atoms with Crippen LogP contribution in [0.4, 0.5) is 0 Å². The third-order valence-electron chi connectivity index (χ3n) is 2.92. The molecule has 0 aromatic carbocycles. The number of nitrogens with zero attached hydrogens (tertiary/aromatic N) is 1. The molecule has 1 atom stereocenters. The summed E-state index contributed by atoms with van der Waals surface area (Å²) in [6.07, 6.45) is 6.67. The van der Waals surface area contributed by atoms with Crippen LogP contribution >= 0.6 is 0 Å². The van der Waals surface area contributed by atoms with E-state index in [4.69, 9.17) is 5.73 Å². The van der Waals surface area contributed by atoms with Crippen molar-refractivity contribution in [3.63, 3.8) is 0 Å². The zero-order valence-electron chi connectivity index (χ0n) is 8.97. The van der Waals surface area contributed by atoms with Crippen LogP contribution in [0.15, 0.2) is 0 Å². The topological polar surface area (TPSA) is 29.3 Å². The Hall–Kier alpha value is -0.0800. The smallest absolute Gasteiger partial charge is 0.000703 e. The Balaban J connectivity index is 2.00. The summed E-state index contributed by atoms with van der Waals surface area (Å²) >= 11 is 0. The summed E-state index contributed by atoms with van der Waals surface area (Å²) in [6, 6.07) is 0. The van der Waals surface area contributed by atoms with E-state index in [-0.39, 0.29) is 0 Å². The van der Waals surface area contributed by atoms with Gasteiger partial charge >= 0.3 is 0 Å². The molecular formula is C11H24N2. The molecule has 0 bridgehead atoms. The van der Waals surface area contributed by atoms with Gasteiger partial charge in [-0.05, 0) is 51.2 Å². The largest absolute Gasteiger partial charge is 0.330 e. The lowest BCUT2D eigenvalue weighted by atomic mass is 10.00. The van der Waals surface area contributed by atoms with Gasteiger partial charge in [0, 0.05) is 6.54 Å². The fourth-order valence-corrected chi connectivity index (χ4v) is 2.15. The molecule has 0 aromatic heterocycles. The Morgan fingerprint density at radius 3 is 2.85 bits per heavy atom. The first kappa shape index (κ1) is 11.0. The van der Waals surface area contributed by atoms with Crippen molar-refractivity contribution in [3.05, 3.63) is 0 Å². The molecule has 0 aliphatic carbocycles. The van der Waals surface area contributed by atoms with Gasteiger partial charge in [0.2, 0.25) is 0 Å². The summed E-state index contributed by atoms with van der Waals surface area (Å²) < 4.78 is 0. The van der Waals surface area contributed by atoms with Crippen LogP contribution in [0, 0.1) is 5.92 Å². The number of unbranched alkanes of at least 4 members (excludes halogenated alkanes) is 2. The summed E-state index contributed by atoms with van der Waals surface area (Å²) in [5.41, 5.74) is 5.46. The molecule has 2 nitrogen and oxygen atoms in total. The zero-order chi connectivity index (χ0) is 9.52. The third-order valence-corrected chi connectivity index (χ3v) is 2.92. The van der Waals surface area contributed by atoms with Crippen molar-refractivity contribution >= 4 is 0 Å². The molecule has 1 saturated heterocycles. The molecule has 1 heterocycles. The van der Waals surface area contributed by atoms with E-state index in [9.17, 15) is 0 Å². The Bertz CT molecular complexity index is 125. The Morgan fingerprint density at radius 2 is 2.15 bits per heavy atom. The first-order valence-corrected chi connectivity index (χ1v) is 5.75. The van der Waals surface area contributed by atoms with E-state index in [1.165, 1.54) is 51.7 Å². The van der Waals surface area contributed by atoms with Gasteiger partial charge in [-0.3, -0.25) is 0 Å². The second-order valence-corrected chi connectivity index (χ2v) is 4.40. The normalized spacial score (nSPS) is 24.9. The molecule has 0 saturated carbocycles. The summed E-state index contributed by atoms with van der Waals surface area (Å²) in [5.74, 6) is 0.920. The molecule has 2 N–H and O–H groups in total. The van der Waals surface area contributed by atoms with Gasteiger partial charge < -0.3 is 10.6 Å². The number of nitrogens with two attached hydrogens (primary N) is 1. The van der Waals surface area contributed by atoms with E-state index >= 15 is 0 Å². The highest BCUT2D eigenvalue weighted by Gasteiger charge is 2.14. The number of hydrogen-bond acceptors (Lipinski definition) is 2. The molecule has 2 heteroatoms. The minimum atomic E-state index is 0.858. The third kappa shape index (κ3) is 4.63. The predicted octanol–water partition coefficient (Wildman–Crippen LogP) is 1.85. The molecule has 78 valence electrons. The lowest BCUT2D eigenvalue weighted by Crippen LogP contribution is -2.34. The highest BCUT2D eigenvalue weighted by atomic mass is 15.1. The van der Waals surface area contributed by atoms with E-state index in [1.807, 2.05) is 0 Å². The molecule has 1 aliphatic heterocycles. The Labute approximate surface area is 82.5 Å². The molecule has 0 aromatic rings. The second-order valence-electron chi connectivity index (χ2n) is 4.40. The van der Waals surface area contributed by atoms with E-state index in [2.05, 4.69) is 11.8 Å². The van der Waals surface area contributed by atoms with E-state index < -0.39 is 0 Å². The highest BCUT2D eigenvalue weighted by Crippen LogP contribution is 2.15. The maximum absolute atomic E-state index is 5.46. The maximum atomic E-state index is 5.46. The first-order chi connectivity index (χ1) is 6.33. The molecule has 1 aliphatic rings. The van der Waals surface area contributed by atoms with Gasteiger partial charge in [-0.2, -0.15) is 0 Å². The standard InChI is InChI=1S/C11H24N2/c1-11-6-5-9-13(10-11)8-4-2-3-7-12/h11H,2-10,12H2,1H3. The van der Waals surface area contributed by atoms with Gasteiger partial charge in [-0.1, -0.05) is 13.3 Å². The van der Waals surface area contributed by atoms with Crippen molar-refractivity contribution < 1.29 is 0 Å². The lowest BCUT2D eigenvalue weighted by Gasteiger charge is -2.30. The van der Waals surface area contributed by atoms with E-state index in [0.29, 0.717) is 0 Å². The summed E-state index contributed by atoms with van der Waals surface area (Å²) in [5, 5.41) is 0. The molecule has 1 unspecified atom stereocenters. The zero-order valence-corrected chi connectivity index (χ0v) is 8.97. The molecule has 13 heavy (non-hydrogen) atoms. The quantitative estimate of drug-likeness (QED) is 0.661. The molecule has 0 spiro atoms. The van der Waals surface area contributed by atoms with E-state index in [1.54, 1.807) is 0 Å². The molecule has 1 rings (SSSR count). The number of likely N-dealkylation sites (tertiary alicyclic amines) is 1. The Morgan fingerprint density at radius 1 is 1.31 bits per heavy atom. The lowest BCUT2D eigenvalue weighted by molar-refractivity contribution is 0.181. The number of hydrogen-bond donors (Lipinski definition) is 1. The van der Waals surface area contributed by atoms with Crippen molar-refractivity contribution in [3.8, 4) is 0 Å². The van der Waals surface area contributed by atoms with Crippen LogP contribution in [0.1, 0.15) is 39.0 Å². The minimum absolute atomic E-state index is 0.858. The predicted molar refractivity (Wildman–Crippen MR) is 57.7 cm³/mol. The van der Waals surface area contributed by atoms with Gasteiger partial charge in [0.25, 0.3) is 0 Å². The van der Waals surface area contributed by atoms with Crippen molar-refractivity contribution in [1.29, 1.82) is 0 Å². The molecule has 0 radical (unpaired) electrons. The van der Waals surface area contributed by atoms with Gasteiger partial charge in [-0.25, -0.2) is 0 Å². The van der Waals surface area contributed by atoms with Crippen LogP contribution in [-0.2, 0) is 0 Å².